The number of nitrogen functional groups attached to an aromatic ring is 1. The van der Waals surface area contributed by atoms with Gasteiger partial charge in [0.25, 0.3) is 0 Å². The summed E-state index contributed by atoms with van der Waals surface area (Å²) in [5.41, 5.74) is 8.18. The monoisotopic (exact) mass is 255 g/mol. The number of hydrogen-bond donors (Lipinski definition) is 3. The lowest BCUT2D eigenvalue weighted by molar-refractivity contribution is 0.252. The van der Waals surface area contributed by atoms with Crippen molar-refractivity contribution < 1.29 is 4.79 Å². The van der Waals surface area contributed by atoms with E-state index in [2.05, 4.69) is 10.6 Å². The Morgan fingerprint density at radius 1 is 1.00 bits per heavy atom. The molecule has 0 spiro atoms. The summed E-state index contributed by atoms with van der Waals surface area (Å²) in [5.74, 6) is 0. The molecule has 4 N–H and O–H groups in total. The predicted octanol–water partition coefficient (Wildman–Crippen LogP) is 2.63. The maximum atomic E-state index is 11.6. The third-order valence-electron chi connectivity index (χ3n) is 2.71. The van der Waals surface area contributed by atoms with E-state index in [1.54, 1.807) is 24.3 Å². The molecular weight excluding hydrogens is 238 g/mol. The highest BCUT2D eigenvalue weighted by molar-refractivity contribution is 5.89. The Hall–Kier alpha value is -2.49. The van der Waals surface area contributed by atoms with Crippen molar-refractivity contribution in [3.63, 3.8) is 0 Å². The highest BCUT2D eigenvalue weighted by atomic mass is 16.2. The topological polar surface area (TPSA) is 67.1 Å². The van der Waals surface area contributed by atoms with Crippen LogP contribution in [0.4, 0.5) is 16.2 Å². The van der Waals surface area contributed by atoms with E-state index in [1.165, 1.54) is 5.56 Å². The molecule has 4 nitrogen and oxygen atoms in total. The molecule has 0 aliphatic heterocycles. The Kier molecular flexibility index (Phi) is 4.39. The van der Waals surface area contributed by atoms with E-state index >= 15 is 0 Å². The number of carbonyl (C=O) groups excluding carboxylic acids is 1. The molecule has 2 amide bonds. The summed E-state index contributed by atoms with van der Waals surface area (Å²) >= 11 is 0. The molecule has 98 valence electrons. The zero-order valence-electron chi connectivity index (χ0n) is 10.6. The molecule has 2 aromatic carbocycles. The number of anilines is 2. The van der Waals surface area contributed by atoms with Crippen LogP contribution in [-0.4, -0.2) is 12.6 Å². The van der Waals surface area contributed by atoms with Gasteiger partial charge >= 0.3 is 6.03 Å². The van der Waals surface area contributed by atoms with Gasteiger partial charge in [-0.05, 0) is 36.2 Å². The summed E-state index contributed by atoms with van der Waals surface area (Å²) in [7, 11) is 0. The first kappa shape index (κ1) is 13.0. The highest BCUT2D eigenvalue weighted by Gasteiger charge is 2.00. The van der Waals surface area contributed by atoms with Crippen LogP contribution in [0, 0.1) is 0 Å². The first-order valence-corrected chi connectivity index (χ1v) is 6.18. The first-order chi connectivity index (χ1) is 9.24. The summed E-state index contributed by atoms with van der Waals surface area (Å²) < 4.78 is 0. The molecule has 0 heterocycles. The standard InChI is InChI=1S/C15H17N3O/c16-13-6-8-14(9-7-13)18-15(19)17-11-10-12-4-2-1-3-5-12/h1-9H,10-11,16H2,(H2,17,18,19). The molecule has 0 unspecified atom stereocenters. The molecule has 0 radical (unpaired) electrons. The smallest absolute Gasteiger partial charge is 0.319 e. The zero-order valence-corrected chi connectivity index (χ0v) is 10.6. The number of nitrogens with two attached hydrogens (primary N) is 1. The van der Waals surface area contributed by atoms with Crippen LogP contribution in [0.3, 0.4) is 0 Å². The van der Waals surface area contributed by atoms with Gasteiger partial charge in [0, 0.05) is 17.9 Å². The molecule has 2 rings (SSSR count). The molecular formula is C15H17N3O. The predicted molar refractivity (Wildman–Crippen MR) is 78.0 cm³/mol. The molecule has 0 saturated carbocycles. The number of hydrogen-bond acceptors (Lipinski definition) is 2. The minimum atomic E-state index is -0.208. The molecule has 19 heavy (non-hydrogen) atoms. The fraction of sp³-hybridized carbons (Fsp3) is 0.133. The van der Waals surface area contributed by atoms with Crippen LogP contribution < -0.4 is 16.4 Å². The third-order valence-corrected chi connectivity index (χ3v) is 2.71. The van der Waals surface area contributed by atoms with E-state index in [-0.39, 0.29) is 6.03 Å². The number of nitrogens with one attached hydrogen (secondary N) is 2. The second kappa shape index (κ2) is 6.44. The molecule has 4 heteroatoms. The average Bonchev–Trinajstić information content (AvgIpc) is 2.43. The van der Waals surface area contributed by atoms with E-state index in [0.717, 1.165) is 12.1 Å². The van der Waals surface area contributed by atoms with Crippen LogP contribution in [0.1, 0.15) is 5.56 Å². The van der Waals surface area contributed by atoms with Gasteiger partial charge in [-0.2, -0.15) is 0 Å². The fourth-order valence-corrected chi connectivity index (χ4v) is 1.71. The molecule has 0 fully saturated rings. The Morgan fingerprint density at radius 3 is 2.37 bits per heavy atom. The van der Waals surface area contributed by atoms with Crippen molar-refractivity contribution in [2.45, 2.75) is 6.42 Å². The molecule has 0 bridgehead atoms. The second-order valence-electron chi connectivity index (χ2n) is 4.24. The summed E-state index contributed by atoms with van der Waals surface area (Å²) in [6, 6.07) is 16.9. The normalized spacial score (nSPS) is 9.89. The highest BCUT2D eigenvalue weighted by Crippen LogP contribution is 2.09. The molecule has 0 atom stereocenters. The van der Waals surface area contributed by atoms with Gasteiger partial charge in [0.05, 0.1) is 0 Å². The van der Waals surface area contributed by atoms with E-state index in [1.807, 2.05) is 30.3 Å². The SMILES string of the molecule is Nc1ccc(NC(=O)NCCc2ccccc2)cc1. The Morgan fingerprint density at radius 2 is 1.68 bits per heavy atom. The van der Waals surface area contributed by atoms with Crippen molar-refractivity contribution in [2.75, 3.05) is 17.6 Å². The van der Waals surface area contributed by atoms with E-state index in [9.17, 15) is 4.79 Å². The Labute approximate surface area is 112 Å². The molecule has 0 aliphatic carbocycles. The van der Waals surface area contributed by atoms with Gasteiger partial charge in [0.1, 0.15) is 0 Å². The molecule has 2 aromatic rings. The van der Waals surface area contributed by atoms with Gasteiger partial charge in [-0.25, -0.2) is 4.79 Å². The first-order valence-electron chi connectivity index (χ1n) is 6.18. The number of carbonyl (C=O) groups is 1. The van der Waals surface area contributed by atoms with Crippen LogP contribution in [0.15, 0.2) is 54.6 Å². The lowest BCUT2D eigenvalue weighted by atomic mass is 10.1. The summed E-state index contributed by atoms with van der Waals surface area (Å²) in [5, 5.41) is 5.56. The van der Waals surface area contributed by atoms with Gasteiger partial charge in [-0.15, -0.1) is 0 Å². The fourth-order valence-electron chi connectivity index (χ4n) is 1.71. The van der Waals surface area contributed by atoms with Crippen LogP contribution in [-0.2, 0) is 6.42 Å². The van der Waals surface area contributed by atoms with Gasteiger partial charge in [-0.3, -0.25) is 0 Å². The van der Waals surface area contributed by atoms with Gasteiger partial charge in [0.15, 0.2) is 0 Å². The van der Waals surface area contributed by atoms with Gasteiger partial charge in [-0.1, -0.05) is 30.3 Å². The van der Waals surface area contributed by atoms with Crippen molar-refractivity contribution in [1.82, 2.24) is 5.32 Å². The lowest BCUT2D eigenvalue weighted by Gasteiger charge is -2.07. The number of benzene rings is 2. The van der Waals surface area contributed by atoms with E-state index in [0.29, 0.717) is 12.2 Å². The maximum absolute atomic E-state index is 11.6. The average molecular weight is 255 g/mol. The van der Waals surface area contributed by atoms with Crippen LogP contribution in [0.2, 0.25) is 0 Å². The Bertz CT molecular complexity index is 523. The number of rotatable bonds is 4. The zero-order chi connectivity index (χ0) is 13.5. The maximum Gasteiger partial charge on any atom is 0.319 e. The van der Waals surface area contributed by atoms with E-state index < -0.39 is 0 Å². The van der Waals surface area contributed by atoms with Crippen molar-refractivity contribution in [2.24, 2.45) is 0 Å². The number of urea groups is 1. The molecule has 0 aromatic heterocycles. The second-order valence-corrected chi connectivity index (χ2v) is 4.24. The van der Waals surface area contributed by atoms with Crippen LogP contribution >= 0.6 is 0 Å². The van der Waals surface area contributed by atoms with Gasteiger partial charge in [0.2, 0.25) is 0 Å². The van der Waals surface area contributed by atoms with Crippen molar-refractivity contribution in [1.29, 1.82) is 0 Å². The third kappa shape index (κ3) is 4.35. The van der Waals surface area contributed by atoms with Crippen LogP contribution in [0.5, 0.6) is 0 Å². The molecule has 0 saturated heterocycles. The summed E-state index contributed by atoms with van der Waals surface area (Å²) in [6.07, 6.45) is 0.815. The minimum absolute atomic E-state index is 0.208. The quantitative estimate of drug-likeness (QED) is 0.735. The van der Waals surface area contributed by atoms with Crippen molar-refractivity contribution >= 4 is 17.4 Å². The largest absolute Gasteiger partial charge is 0.399 e. The van der Waals surface area contributed by atoms with Crippen LogP contribution in [0.25, 0.3) is 0 Å². The minimum Gasteiger partial charge on any atom is -0.399 e. The van der Waals surface area contributed by atoms with E-state index in [4.69, 9.17) is 5.73 Å². The number of amides is 2. The Balaban J connectivity index is 1.74. The molecule has 0 aliphatic rings. The van der Waals surface area contributed by atoms with Crippen molar-refractivity contribution in [3.8, 4) is 0 Å². The van der Waals surface area contributed by atoms with Gasteiger partial charge < -0.3 is 16.4 Å². The van der Waals surface area contributed by atoms with Crippen molar-refractivity contribution in [3.05, 3.63) is 60.2 Å². The summed E-state index contributed by atoms with van der Waals surface area (Å²) in [6.45, 7) is 0.602. The lowest BCUT2D eigenvalue weighted by Crippen LogP contribution is -2.30. The summed E-state index contributed by atoms with van der Waals surface area (Å²) in [4.78, 5) is 11.6.